The van der Waals surface area contributed by atoms with E-state index in [1.54, 1.807) is 24.3 Å². The molecule has 0 unspecified atom stereocenters. The first kappa shape index (κ1) is 12.8. The second-order valence-electron chi connectivity index (χ2n) is 3.52. The number of anilines is 1. The van der Waals surface area contributed by atoms with Crippen LogP contribution in [0.4, 0.5) is 18.9 Å². The van der Waals surface area contributed by atoms with Crippen molar-refractivity contribution in [3.8, 4) is 0 Å². The molecule has 2 rings (SSSR count). The molecule has 0 spiro atoms. The number of rotatable bonds is 2. The highest BCUT2D eigenvalue weighted by Gasteiger charge is 2.34. The second-order valence-corrected chi connectivity index (χ2v) is 4.59. The number of alkyl halides is 3. The maximum Gasteiger partial charge on any atom is 0.419 e. The molecule has 18 heavy (non-hydrogen) atoms. The van der Waals surface area contributed by atoms with E-state index in [1.807, 2.05) is 0 Å². The topological polar surface area (TPSA) is 38.9 Å². The molecule has 1 aromatic heterocycles. The van der Waals surface area contributed by atoms with E-state index >= 15 is 0 Å². The minimum absolute atomic E-state index is 0.0604. The molecular formula is C12H9F3N2S. The van der Waals surface area contributed by atoms with Gasteiger partial charge in [-0.3, -0.25) is 0 Å². The number of pyridine rings is 1. The summed E-state index contributed by atoms with van der Waals surface area (Å²) in [6.45, 7) is 0. The van der Waals surface area contributed by atoms with Gasteiger partial charge in [-0.2, -0.15) is 13.2 Å². The van der Waals surface area contributed by atoms with Crippen LogP contribution in [0.1, 0.15) is 5.56 Å². The van der Waals surface area contributed by atoms with Crippen LogP contribution in [0.2, 0.25) is 0 Å². The quantitative estimate of drug-likeness (QED) is 0.843. The molecule has 0 aliphatic heterocycles. The van der Waals surface area contributed by atoms with Gasteiger partial charge in [-0.1, -0.05) is 11.8 Å². The van der Waals surface area contributed by atoms with Gasteiger partial charge < -0.3 is 5.73 Å². The molecule has 0 saturated carbocycles. The molecule has 2 nitrogen and oxygen atoms in total. The number of benzene rings is 1. The summed E-state index contributed by atoms with van der Waals surface area (Å²) < 4.78 is 38.2. The molecule has 0 atom stereocenters. The Balaban J connectivity index is 2.32. The van der Waals surface area contributed by atoms with Gasteiger partial charge in [0.25, 0.3) is 0 Å². The second kappa shape index (κ2) is 4.89. The number of nitrogens with zero attached hydrogens (tertiary/aromatic N) is 1. The molecule has 0 saturated heterocycles. The standard InChI is InChI=1S/C12H9F3N2S/c13-12(14,15)10-2-1-7-17-11(10)18-9-5-3-8(16)4-6-9/h1-7H,16H2. The van der Waals surface area contributed by atoms with Crippen molar-refractivity contribution in [1.82, 2.24) is 4.98 Å². The van der Waals surface area contributed by atoms with Crippen LogP contribution in [0.25, 0.3) is 0 Å². The zero-order valence-electron chi connectivity index (χ0n) is 9.11. The average molecular weight is 270 g/mol. The molecule has 94 valence electrons. The Morgan fingerprint density at radius 3 is 2.33 bits per heavy atom. The average Bonchev–Trinajstić information content (AvgIpc) is 2.31. The zero-order chi connectivity index (χ0) is 13.2. The summed E-state index contributed by atoms with van der Waals surface area (Å²) in [7, 11) is 0. The predicted octanol–water partition coefficient (Wildman–Crippen LogP) is 3.83. The lowest BCUT2D eigenvalue weighted by Gasteiger charge is -2.10. The van der Waals surface area contributed by atoms with E-state index in [2.05, 4.69) is 4.98 Å². The number of halogens is 3. The van der Waals surface area contributed by atoms with Crippen LogP contribution < -0.4 is 5.73 Å². The highest BCUT2D eigenvalue weighted by atomic mass is 32.2. The minimum atomic E-state index is -4.40. The van der Waals surface area contributed by atoms with Crippen molar-refractivity contribution in [3.63, 3.8) is 0 Å². The largest absolute Gasteiger partial charge is 0.419 e. The number of hydrogen-bond acceptors (Lipinski definition) is 3. The summed E-state index contributed by atoms with van der Waals surface area (Å²) in [5.41, 5.74) is 5.35. The van der Waals surface area contributed by atoms with Gasteiger partial charge in [-0.25, -0.2) is 4.98 Å². The van der Waals surface area contributed by atoms with Gasteiger partial charge in [-0.15, -0.1) is 0 Å². The van der Waals surface area contributed by atoms with Crippen molar-refractivity contribution in [2.75, 3.05) is 5.73 Å². The van der Waals surface area contributed by atoms with Crippen molar-refractivity contribution < 1.29 is 13.2 Å². The van der Waals surface area contributed by atoms with Crippen molar-refractivity contribution >= 4 is 17.4 Å². The molecule has 1 heterocycles. The van der Waals surface area contributed by atoms with Gasteiger partial charge in [0.15, 0.2) is 0 Å². The van der Waals surface area contributed by atoms with Crippen molar-refractivity contribution in [1.29, 1.82) is 0 Å². The van der Waals surface area contributed by atoms with Gasteiger partial charge in [0.05, 0.1) is 5.56 Å². The molecule has 0 bridgehead atoms. The maximum absolute atomic E-state index is 12.7. The molecule has 2 aromatic rings. The number of hydrogen-bond donors (Lipinski definition) is 1. The zero-order valence-corrected chi connectivity index (χ0v) is 9.92. The van der Waals surface area contributed by atoms with Crippen LogP contribution in [0.5, 0.6) is 0 Å². The van der Waals surface area contributed by atoms with E-state index in [0.29, 0.717) is 10.6 Å². The molecule has 0 radical (unpaired) electrons. The molecule has 0 amide bonds. The lowest BCUT2D eigenvalue weighted by molar-refractivity contribution is -0.140. The number of nitrogens with two attached hydrogens (primary N) is 1. The molecule has 2 N–H and O–H groups in total. The fourth-order valence-corrected chi connectivity index (χ4v) is 2.24. The number of nitrogen functional groups attached to an aromatic ring is 1. The van der Waals surface area contributed by atoms with E-state index in [4.69, 9.17) is 5.73 Å². The van der Waals surface area contributed by atoms with E-state index in [-0.39, 0.29) is 5.03 Å². The fourth-order valence-electron chi connectivity index (χ4n) is 1.34. The van der Waals surface area contributed by atoms with Crippen LogP contribution in [0.3, 0.4) is 0 Å². The highest BCUT2D eigenvalue weighted by Crippen LogP contribution is 2.38. The van der Waals surface area contributed by atoms with E-state index in [1.165, 1.54) is 12.3 Å². The van der Waals surface area contributed by atoms with Gasteiger partial charge >= 0.3 is 6.18 Å². The Morgan fingerprint density at radius 2 is 1.72 bits per heavy atom. The molecule has 0 aliphatic carbocycles. The minimum Gasteiger partial charge on any atom is -0.399 e. The van der Waals surface area contributed by atoms with Crippen LogP contribution in [-0.4, -0.2) is 4.98 Å². The third-order valence-corrected chi connectivity index (χ3v) is 3.20. The lowest BCUT2D eigenvalue weighted by atomic mass is 10.3. The van der Waals surface area contributed by atoms with Crippen LogP contribution in [0, 0.1) is 0 Å². The molecule has 0 aliphatic rings. The Labute approximate surface area is 106 Å². The Hall–Kier alpha value is -1.69. The Kier molecular flexibility index (Phi) is 3.47. The lowest BCUT2D eigenvalue weighted by Crippen LogP contribution is -2.07. The van der Waals surface area contributed by atoms with Crippen molar-refractivity contribution in [2.45, 2.75) is 16.1 Å². The summed E-state index contributed by atoms with van der Waals surface area (Å²) in [6.07, 6.45) is -3.06. The third kappa shape index (κ3) is 2.95. The predicted molar refractivity (Wildman–Crippen MR) is 64.2 cm³/mol. The summed E-state index contributed by atoms with van der Waals surface area (Å²) in [6, 6.07) is 8.89. The fraction of sp³-hybridized carbons (Fsp3) is 0.0833. The van der Waals surface area contributed by atoms with E-state index in [0.717, 1.165) is 17.8 Å². The van der Waals surface area contributed by atoms with Crippen molar-refractivity contribution in [3.05, 3.63) is 48.2 Å². The van der Waals surface area contributed by atoms with Gasteiger partial charge in [0.1, 0.15) is 5.03 Å². The van der Waals surface area contributed by atoms with E-state index in [9.17, 15) is 13.2 Å². The molecule has 0 fully saturated rings. The van der Waals surface area contributed by atoms with Gasteiger partial charge in [0.2, 0.25) is 0 Å². The molecule has 6 heteroatoms. The molecular weight excluding hydrogens is 261 g/mol. The van der Waals surface area contributed by atoms with Gasteiger partial charge in [-0.05, 0) is 36.4 Å². The maximum atomic E-state index is 12.7. The summed E-state index contributed by atoms with van der Waals surface area (Å²) in [5.74, 6) is 0. The first-order valence-corrected chi connectivity index (χ1v) is 5.84. The summed E-state index contributed by atoms with van der Waals surface area (Å²) in [4.78, 5) is 4.44. The highest BCUT2D eigenvalue weighted by molar-refractivity contribution is 7.99. The van der Waals surface area contributed by atoms with Gasteiger partial charge in [0, 0.05) is 16.8 Å². The van der Waals surface area contributed by atoms with E-state index < -0.39 is 11.7 Å². The third-order valence-electron chi connectivity index (χ3n) is 2.17. The summed E-state index contributed by atoms with van der Waals surface area (Å²) in [5, 5.41) is -0.0604. The number of aromatic nitrogens is 1. The smallest absolute Gasteiger partial charge is 0.399 e. The van der Waals surface area contributed by atoms with Crippen molar-refractivity contribution in [2.24, 2.45) is 0 Å². The first-order valence-electron chi connectivity index (χ1n) is 5.02. The Bertz CT molecular complexity index is 538. The van der Waals surface area contributed by atoms with Crippen LogP contribution >= 0.6 is 11.8 Å². The SMILES string of the molecule is Nc1ccc(Sc2ncccc2C(F)(F)F)cc1. The normalized spacial score (nSPS) is 11.5. The first-order chi connectivity index (χ1) is 8.47. The summed E-state index contributed by atoms with van der Waals surface area (Å²) >= 11 is 0.963. The van der Waals surface area contributed by atoms with Crippen LogP contribution in [-0.2, 0) is 6.18 Å². The van der Waals surface area contributed by atoms with Crippen LogP contribution in [0.15, 0.2) is 52.5 Å². The monoisotopic (exact) mass is 270 g/mol. The Morgan fingerprint density at radius 1 is 1.06 bits per heavy atom. The molecule has 1 aromatic carbocycles.